The fourth-order valence-electron chi connectivity index (χ4n) is 2.49. The average molecular weight is 267 g/mol. The molecule has 6 nitrogen and oxygen atoms in total. The van der Waals surface area contributed by atoms with E-state index in [-0.39, 0.29) is 5.69 Å². The molecule has 6 heteroatoms. The van der Waals surface area contributed by atoms with Crippen molar-refractivity contribution in [1.82, 2.24) is 9.88 Å². The van der Waals surface area contributed by atoms with Crippen molar-refractivity contribution in [3.05, 3.63) is 12.0 Å². The molecule has 1 aliphatic heterocycles. The van der Waals surface area contributed by atoms with E-state index in [0.717, 1.165) is 13.1 Å². The second-order valence-electron chi connectivity index (χ2n) is 5.15. The van der Waals surface area contributed by atoms with E-state index >= 15 is 0 Å². The van der Waals surface area contributed by atoms with Crippen LogP contribution in [-0.2, 0) is 4.74 Å². The lowest BCUT2D eigenvalue weighted by Gasteiger charge is -2.22. The van der Waals surface area contributed by atoms with Gasteiger partial charge in [0.2, 0.25) is 0 Å². The minimum atomic E-state index is -0.436. The monoisotopic (exact) mass is 267 g/mol. The van der Waals surface area contributed by atoms with Gasteiger partial charge in [0.15, 0.2) is 5.69 Å². The number of hydrogen-bond acceptors (Lipinski definition) is 6. The molecule has 0 N–H and O–H groups in total. The second kappa shape index (κ2) is 5.61. The molecule has 2 heterocycles. The summed E-state index contributed by atoms with van der Waals surface area (Å²) in [5, 5.41) is 0. The molecule has 0 aromatic carbocycles. The van der Waals surface area contributed by atoms with Crippen LogP contribution in [0.2, 0.25) is 0 Å². The Balaban J connectivity index is 2.06. The molecule has 1 aromatic rings. The number of carbonyl (C=O) groups excluding carboxylic acids is 1. The van der Waals surface area contributed by atoms with E-state index in [1.54, 1.807) is 6.92 Å². The smallest absolute Gasteiger partial charge is 0.360 e. The van der Waals surface area contributed by atoms with Crippen molar-refractivity contribution in [2.75, 3.05) is 38.7 Å². The lowest BCUT2D eigenvalue weighted by molar-refractivity contribution is 0.0519. The van der Waals surface area contributed by atoms with E-state index in [1.807, 2.05) is 0 Å². The Kier molecular flexibility index (Phi) is 4.09. The van der Waals surface area contributed by atoms with Gasteiger partial charge in [0.05, 0.1) is 6.61 Å². The molecule has 0 amide bonds. The number of esters is 1. The molecule has 0 saturated carbocycles. The molecule has 19 heavy (non-hydrogen) atoms. The maximum atomic E-state index is 11.5. The van der Waals surface area contributed by atoms with Crippen molar-refractivity contribution in [1.29, 1.82) is 0 Å². The second-order valence-corrected chi connectivity index (χ2v) is 5.15. The topological polar surface area (TPSA) is 58.8 Å². The Bertz CT molecular complexity index is 444. The predicted molar refractivity (Wildman–Crippen MR) is 71.3 cm³/mol. The molecule has 0 spiro atoms. The van der Waals surface area contributed by atoms with Crippen LogP contribution in [0.3, 0.4) is 0 Å². The molecule has 0 bridgehead atoms. The lowest BCUT2D eigenvalue weighted by Crippen LogP contribution is -2.34. The maximum Gasteiger partial charge on any atom is 0.360 e. The third-order valence-electron chi connectivity index (χ3n) is 3.48. The van der Waals surface area contributed by atoms with Gasteiger partial charge in [-0.3, -0.25) is 0 Å². The SMILES string of the molecule is CCOC(=O)c1coc(N2CC(C)C(N(C)C)C2)n1. The summed E-state index contributed by atoms with van der Waals surface area (Å²) in [6, 6.07) is 0.970. The van der Waals surface area contributed by atoms with E-state index in [2.05, 4.69) is 35.8 Å². The van der Waals surface area contributed by atoms with E-state index in [4.69, 9.17) is 9.15 Å². The highest BCUT2D eigenvalue weighted by Crippen LogP contribution is 2.25. The summed E-state index contributed by atoms with van der Waals surface area (Å²) in [6.45, 7) is 6.05. The molecule has 0 radical (unpaired) electrons. The first kappa shape index (κ1) is 13.9. The lowest BCUT2D eigenvalue weighted by atomic mass is 10.1. The summed E-state index contributed by atoms with van der Waals surface area (Å²) in [4.78, 5) is 20.0. The van der Waals surface area contributed by atoms with Crippen LogP contribution < -0.4 is 4.90 Å². The zero-order valence-electron chi connectivity index (χ0n) is 11.9. The molecular weight excluding hydrogens is 246 g/mol. The third kappa shape index (κ3) is 2.89. The quantitative estimate of drug-likeness (QED) is 0.765. The highest BCUT2D eigenvalue weighted by molar-refractivity contribution is 5.87. The summed E-state index contributed by atoms with van der Waals surface area (Å²) in [5.74, 6) is 0.0989. The van der Waals surface area contributed by atoms with Gasteiger partial charge in [-0.2, -0.15) is 4.98 Å². The summed E-state index contributed by atoms with van der Waals surface area (Å²) in [5.41, 5.74) is 0.234. The fraction of sp³-hybridized carbons (Fsp3) is 0.692. The van der Waals surface area contributed by atoms with Crippen LogP contribution in [0.5, 0.6) is 0 Å². The summed E-state index contributed by atoms with van der Waals surface area (Å²) in [6.07, 6.45) is 1.36. The van der Waals surface area contributed by atoms with Crippen molar-refractivity contribution >= 4 is 12.0 Å². The Morgan fingerprint density at radius 1 is 1.58 bits per heavy atom. The Morgan fingerprint density at radius 3 is 2.89 bits per heavy atom. The van der Waals surface area contributed by atoms with E-state index in [1.165, 1.54) is 6.26 Å². The number of hydrogen-bond donors (Lipinski definition) is 0. The standard InChI is InChI=1S/C13H21N3O3/c1-5-18-12(17)10-8-19-13(14-10)16-6-9(2)11(7-16)15(3)4/h8-9,11H,5-7H2,1-4H3. The van der Waals surface area contributed by atoms with Gasteiger partial charge in [0, 0.05) is 19.1 Å². The molecule has 0 aliphatic carbocycles. The first-order valence-electron chi connectivity index (χ1n) is 6.57. The van der Waals surface area contributed by atoms with Gasteiger partial charge in [-0.1, -0.05) is 6.92 Å². The number of nitrogens with zero attached hydrogens (tertiary/aromatic N) is 3. The van der Waals surface area contributed by atoms with Crippen molar-refractivity contribution in [2.45, 2.75) is 19.9 Å². The number of carbonyl (C=O) groups is 1. The summed E-state index contributed by atoms with van der Waals surface area (Å²) in [7, 11) is 4.15. The Labute approximate surface area is 113 Å². The van der Waals surface area contributed by atoms with Crippen molar-refractivity contribution in [3.63, 3.8) is 0 Å². The number of ether oxygens (including phenoxy) is 1. The van der Waals surface area contributed by atoms with Gasteiger partial charge >= 0.3 is 5.97 Å². The minimum absolute atomic E-state index is 0.234. The molecular formula is C13H21N3O3. The Morgan fingerprint density at radius 2 is 2.32 bits per heavy atom. The first-order valence-corrected chi connectivity index (χ1v) is 6.57. The number of likely N-dealkylation sites (N-methyl/N-ethyl adjacent to an activating group) is 1. The zero-order chi connectivity index (χ0) is 14.0. The number of rotatable bonds is 4. The Hall–Kier alpha value is -1.56. The van der Waals surface area contributed by atoms with E-state index < -0.39 is 5.97 Å². The molecule has 1 saturated heterocycles. The van der Waals surface area contributed by atoms with Crippen LogP contribution in [0.4, 0.5) is 6.01 Å². The highest BCUT2D eigenvalue weighted by Gasteiger charge is 2.33. The van der Waals surface area contributed by atoms with Gasteiger partial charge in [-0.15, -0.1) is 0 Å². The van der Waals surface area contributed by atoms with E-state index in [0.29, 0.717) is 24.6 Å². The highest BCUT2D eigenvalue weighted by atomic mass is 16.5. The third-order valence-corrected chi connectivity index (χ3v) is 3.48. The number of oxazole rings is 1. The van der Waals surface area contributed by atoms with Crippen LogP contribution >= 0.6 is 0 Å². The van der Waals surface area contributed by atoms with Crippen LogP contribution in [0.25, 0.3) is 0 Å². The van der Waals surface area contributed by atoms with Crippen LogP contribution in [0.15, 0.2) is 10.7 Å². The molecule has 1 aromatic heterocycles. The number of anilines is 1. The average Bonchev–Trinajstić information content (AvgIpc) is 2.95. The summed E-state index contributed by atoms with van der Waals surface area (Å²) >= 11 is 0. The molecule has 106 valence electrons. The van der Waals surface area contributed by atoms with Gasteiger partial charge in [0.1, 0.15) is 6.26 Å². The molecule has 2 unspecified atom stereocenters. The largest absolute Gasteiger partial charge is 0.461 e. The zero-order valence-corrected chi connectivity index (χ0v) is 11.9. The van der Waals surface area contributed by atoms with Gasteiger partial charge in [-0.25, -0.2) is 4.79 Å². The van der Waals surface area contributed by atoms with Gasteiger partial charge in [-0.05, 0) is 26.9 Å². The van der Waals surface area contributed by atoms with E-state index in [9.17, 15) is 4.79 Å². The van der Waals surface area contributed by atoms with Crippen LogP contribution in [-0.4, -0.2) is 55.7 Å². The molecule has 2 atom stereocenters. The van der Waals surface area contributed by atoms with Crippen molar-refractivity contribution < 1.29 is 13.9 Å². The summed E-state index contributed by atoms with van der Waals surface area (Å²) < 4.78 is 10.3. The van der Waals surface area contributed by atoms with Crippen molar-refractivity contribution in [2.24, 2.45) is 5.92 Å². The minimum Gasteiger partial charge on any atom is -0.461 e. The maximum absolute atomic E-state index is 11.5. The molecule has 2 rings (SSSR count). The normalized spacial score (nSPS) is 23.1. The molecule has 1 aliphatic rings. The van der Waals surface area contributed by atoms with Crippen LogP contribution in [0.1, 0.15) is 24.3 Å². The van der Waals surface area contributed by atoms with Crippen molar-refractivity contribution in [3.8, 4) is 0 Å². The first-order chi connectivity index (χ1) is 9.02. The van der Waals surface area contributed by atoms with Gasteiger partial charge in [0.25, 0.3) is 6.01 Å². The predicted octanol–water partition coefficient (Wildman–Crippen LogP) is 1.24. The van der Waals surface area contributed by atoms with Crippen LogP contribution in [0, 0.1) is 5.92 Å². The molecule has 1 fully saturated rings. The fourth-order valence-corrected chi connectivity index (χ4v) is 2.49. The van der Waals surface area contributed by atoms with Gasteiger partial charge < -0.3 is 19.0 Å². The number of aromatic nitrogens is 1.